The summed E-state index contributed by atoms with van der Waals surface area (Å²) in [6, 6.07) is 19.8. The molecule has 174 valence electrons. The van der Waals surface area contributed by atoms with Crippen LogP contribution in [0.2, 0.25) is 0 Å². The molecule has 2 N–H and O–H groups in total. The standard InChI is InChI=1S/C27H30N6O/c1-19-5-3-6-22(17-19)24-7-4-14-33-25(24)30-27(31-33)29-23-10-8-21(9-11-23)26(34)28-18-20-12-15-32(2)16-13-20/h3-11,14,17,20H,12-13,15-16,18H2,1-2H3,(H,28,34)(H,29,31). The van der Waals surface area contributed by atoms with E-state index in [1.165, 1.54) is 5.56 Å². The number of benzene rings is 2. The van der Waals surface area contributed by atoms with Gasteiger partial charge in [0.15, 0.2) is 5.65 Å². The van der Waals surface area contributed by atoms with Crippen molar-refractivity contribution in [2.45, 2.75) is 19.8 Å². The topological polar surface area (TPSA) is 74.6 Å². The largest absolute Gasteiger partial charge is 0.352 e. The van der Waals surface area contributed by atoms with Gasteiger partial charge in [-0.2, -0.15) is 4.98 Å². The molecule has 2 aromatic heterocycles. The lowest BCUT2D eigenvalue weighted by atomic mass is 9.97. The average molecular weight is 455 g/mol. The zero-order valence-electron chi connectivity index (χ0n) is 19.7. The number of amides is 1. The fraction of sp³-hybridized carbons (Fsp3) is 0.296. The van der Waals surface area contributed by atoms with E-state index in [0.717, 1.165) is 54.9 Å². The minimum atomic E-state index is -0.0286. The van der Waals surface area contributed by atoms with Gasteiger partial charge in [-0.05, 0) is 87.8 Å². The number of pyridine rings is 1. The van der Waals surface area contributed by atoms with E-state index in [1.54, 1.807) is 4.52 Å². The van der Waals surface area contributed by atoms with E-state index in [9.17, 15) is 4.79 Å². The maximum absolute atomic E-state index is 12.6. The molecule has 2 aromatic carbocycles. The molecule has 0 unspecified atom stereocenters. The number of hydrogen-bond donors (Lipinski definition) is 2. The van der Waals surface area contributed by atoms with E-state index in [0.29, 0.717) is 17.4 Å². The van der Waals surface area contributed by atoms with Crippen LogP contribution in [0.1, 0.15) is 28.8 Å². The lowest BCUT2D eigenvalue weighted by Gasteiger charge is -2.28. The monoisotopic (exact) mass is 454 g/mol. The molecule has 1 aliphatic heterocycles. The lowest BCUT2D eigenvalue weighted by molar-refractivity contribution is 0.0939. The predicted molar refractivity (Wildman–Crippen MR) is 135 cm³/mol. The van der Waals surface area contributed by atoms with Gasteiger partial charge in [0.1, 0.15) is 0 Å². The number of piperidine rings is 1. The molecular weight excluding hydrogens is 424 g/mol. The predicted octanol–water partition coefficient (Wildman–Crippen LogP) is 4.52. The summed E-state index contributed by atoms with van der Waals surface area (Å²) < 4.78 is 1.78. The van der Waals surface area contributed by atoms with Crippen LogP contribution in [0.4, 0.5) is 11.6 Å². The third-order valence-electron chi connectivity index (χ3n) is 6.48. The van der Waals surface area contributed by atoms with Crippen molar-refractivity contribution in [3.63, 3.8) is 0 Å². The number of fused-ring (bicyclic) bond motifs is 1. The molecule has 4 aromatic rings. The summed E-state index contributed by atoms with van der Waals surface area (Å²) in [5.41, 5.74) is 5.62. The van der Waals surface area contributed by atoms with Crippen LogP contribution in [-0.2, 0) is 0 Å². The van der Waals surface area contributed by atoms with Crippen molar-refractivity contribution in [1.29, 1.82) is 0 Å². The molecule has 1 amide bonds. The first-order chi connectivity index (χ1) is 16.5. The molecule has 0 saturated carbocycles. The normalized spacial score (nSPS) is 14.9. The second-order valence-corrected chi connectivity index (χ2v) is 9.15. The van der Waals surface area contributed by atoms with E-state index >= 15 is 0 Å². The highest BCUT2D eigenvalue weighted by Crippen LogP contribution is 2.25. The van der Waals surface area contributed by atoms with Crippen molar-refractivity contribution < 1.29 is 4.79 Å². The molecule has 5 rings (SSSR count). The third kappa shape index (κ3) is 4.94. The fourth-order valence-corrected chi connectivity index (χ4v) is 4.44. The Labute approximate surface area is 199 Å². The SMILES string of the molecule is Cc1cccc(-c2cccn3nc(Nc4ccc(C(=O)NCC5CCN(C)CC5)cc4)nc23)c1. The number of nitrogens with zero attached hydrogens (tertiary/aromatic N) is 4. The van der Waals surface area contributed by atoms with Gasteiger partial charge in [0.05, 0.1) is 0 Å². The molecule has 7 heteroatoms. The number of nitrogens with one attached hydrogen (secondary N) is 2. The molecule has 0 aliphatic carbocycles. The maximum Gasteiger partial charge on any atom is 0.251 e. The Morgan fingerprint density at radius 3 is 2.62 bits per heavy atom. The minimum absolute atomic E-state index is 0.0286. The van der Waals surface area contributed by atoms with Gasteiger partial charge >= 0.3 is 0 Å². The van der Waals surface area contributed by atoms with E-state index < -0.39 is 0 Å². The van der Waals surface area contributed by atoms with Crippen molar-refractivity contribution in [3.05, 3.63) is 78.0 Å². The summed E-state index contributed by atoms with van der Waals surface area (Å²) in [5.74, 6) is 1.05. The highest BCUT2D eigenvalue weighted by Gasteiger charge is 2.17. The number of aryl methyl sites for hydroxylation is 1. The van der Waals surface area contributed by atoms with Crippen LogP contribution >= 0.6 is 0 Å². The number of rotatable bonds is 6. The van der Waals surface area contributed by atoms with E-state index in [2.05, 4.69) is 64.9 Å². The Hall–Kier alpha value is -3.71. The number of likely N-dealkylation sites (tertiary alicyclic amines) is 1. The zero-order chi connectivity index (χ0) is 23.5. The lowest BCUT2D eigenvalue weighted by Crippen LogP contribution is -2.36. The second kappa shape index (κ2) is 9.65. The highest BCUT2D eigenvalue weighted by atomic mass is 16.1. The van der Waals surface area contributed by atoms with Crippen LogP contribution < -0.4 is 10.6 Å². The molecule has 1 aliphatic rings. The summed E-state index contributed by atoms with van der Waals surface area (Å²) in [6.45, 7) is 5.02. The molecule has 34 heavy (non-hydrogen) atoms. The van der Waals surface area contributed by atoms with Gasteiger partial charge in [-0.15, -0.1) is 5.10 Å². The molecule has 0 atom stereocenters. The Morgan fingerprint density at radius 2 is 1.85 bits per heavy atom. The Morgan fingerprint density at radius 1 is 1.06 bits per heavy atom. The number of carbonyl (C=O) groups is 1. The van der Waals surface area contributed by atoms with Crippen LogP contribution in [0, 0.1) is 12.8 Å². The van der Waals surface area contributed by atoms with Gasteiger partial charge in [-0.25, -0.2) is 4.52 Å². The molecule has 1 fully saturated rings. The Kier molecular flexibility index (Phi) is 6.27. The summed E-state index contributed by atoms with van der Waals surface area (Å²) in [7, 11) is 2.15. The first kappa shape index (κ1) is 22.1. The first-order valence-corrected chi connectivity index (χ1v) is 11.8. The van der Waals surface area contributed by atoms with Gasteiger partial charge in [0.25, 0.3) is 5.91 Å². The van der Waals surface area contributed by atoms with Gasteiger partial charge in [0.2, 0.25) is 5.95 Å². The van der Waals surface area contributed by atoms with Gasteiger partial charge in [-0.3, -0.25) is 4.79 Å². The van der Waals surface area contributed by atoms with Crippen LogP contribution in [0.15, 0.2) is 66.9 Å². The van der Waals surface area contributed by atoms with Crippen LogP contribution in [-0.4, -0.2) is 52.1 Å². The van der Waals surface area contributed by atoms with Gasteiger partial charge in [0, 0.05) is 29.6 Å². The summed E-state index contributed by atoms with van der Waals surface area (Å²) in [6.07, 6.45) is 4.17. The van der Waals surface area contributed by atoms with E-state index in [-0.39, 0.29) is 5.91 Å². The third-order valence-corrected chi connectivity index (χ3v) is 6.48. The summed E-state index contributed by atoms with van der Waals surface area (Å²) in [4.78, 5) is 19.6. The molecule has 0 radical (unpaired) electrons. The second-order valence-electron chi connectivity index (χ2n) is 9.15. The molecule has 3 heterocycles. The van der Waals surface area contributed by atoms with Crippen molar-refractivity contribution >= 4 is 23.2 Å². The Balaban J connectivity index is 1.25. The van der Waals surface area contributed by atoms with Gasteiger partial charge in [-0.1, -0.05) is 29.8 Å². The molecular formula is C27H30N6O. The Bertz CT molecular complexity index is 1290. The minimum Gasteiger partial charge on any atom is -0.352 e. The van der Waals surface area contributed by atoms with Crippen LogP contribution in [0.25, 0.3) is 16.8 Å². The van der Waals surface area contributed by atoms with Crippen molar-refractivity contribution in [2.24, 2.45) is 5.92 Å². The quantitative estimate of drug-likeness (QED) is 0.448. The summed E-state index contributed by atoms with van der Waals surface area (Å²) in [5, 5.41) is 10.9. The molecule has 0 spiro atoms. The number of aromatic nitrogens is 3. The number of anilines is 2. The highest BCUT2D eigenvalue weighted by molar-refractivity contribution is 5.94. The maximum atomic E-state index is 12.6. The first-order valence-electron chi connectivity index (χ1n) is 11.8. The van der Waals surface area contributed by atoms with E-state index in [4.69, 9.17) is 4.98 Å². The molecule has 7 nitrogen and oxygen atoms in total. The number of carbonyl (C=O) groups excluding carboxylic acids is 1. The van der Waals surface area contributed by atoms with Crippen molar-refractivity contribution in [1.82, 2.24) is 24.8 Å². The molecule has 1 saturated heterocycles. The smallest absolute Gasteiger partial charge is 0.251 e. The molecule has 0 bridgehead atoms. The summed E-state index contributed by atoms with van der Waals surface area (Å²) >= 11 is 0. The van der Waals surface area contributed by atoms with Crippen LogP contribution in [0.3, 0.4) is 0 Å². The fourth-order valence-electron chi connectivity index (χ4n) is 4.44. The zero-order valence-corrected chi connectivity index (χ0v) is 19.7. The van der Waals surface area contributed by atoms with Crippen LogP contribution in [0.5, 0.6) is 0 Å². The van der Waals surface area contributed by atoms with E-state index in [1.807, 2.05) is 36.5 Å². The van der Waals surface area contributed by atoms with Gasteiger partial charge < -0.3 is 15.5 Å². The number of hydrogen-bond acceptors (Lipinski definition) is 5. The van der Waals surface area contributed by atoms with Crippen molar-refractivity contribution in [3.8, 4) is 11.1 Å². The van der Waals surface area contributed by atoms with Crippen molar-refractivity contribution in [2.75, 3.05) is 32.0 Å². The average Bonchev–Trinajstić information content (AvgIpc) is 3.26.